The van der Waals surface area contributed by atoms with Gasteiger partial charge in [0, 0.05) is 25.2 Å². The third kappa shape index (κ3) is 3.21. The minimum atomic E-state index is -0.481. The van der Waals surface area contributed by atoms with Crippen LogP contribution in [0.2, 0.25) is 0 Å². The van der Waals surface area contributed by atoms with Gasteiger partial charge in [-0.15, -0.1) is 0 Å². The number of nitro benzene ring substituents is 1. The zero-order valence-corrected chi connectivity index (χ0v) is 15.5. The van der Waals surface area contributed by atoms with E-state index < -0.39 is 4.92 Å². The van der Waals surface area contributed by atoms with Crippen molar-refractivity contribution >= 4 is 17.3 Å². The van der Waals surface area contributed by atoms with E-state index in [4.69, 9.17) is 9.47 Å². The van der Waals surface area contributed by atoms with Crippen LogP contribution in [0.15, 0.2) is 36.4 Å². The molecule has 0 aliphatic carbocycles. The van der Waals surface area contributed by atoms with Crippen LogP contribution in [-0.2, 0) is 0 Å². The number of carbonyl (C=O) groups excluding carboxylic acids is 1. The number of nitrogens with zero attached hydrogens (tertiary/aromatic N) is 2. The lowest BCUT2D eigenvalue weighted by molar-refractivity contribution is -0.384. The summed E-state index contributed by atoms with van der Waals surface area (Å²) in [7, 11) is 1.61. The number of anilines is 1. The molecule has 2 heterocycles. The number of benzene rings is 2. The summed E-state index contributed by atoms with van der Waals surface area (Å²) in [4.78, 5) is 25.7. The summed E-state index contributed by atoms with van der Waals surface area (Å²) < 4.78 is 11.2. The first-order valence-electron chi connectivity index (χ1n) is 9.25. The molecule has 2 aliphatic heterocycles. The molecule has 0 bridgehead atoms. The average Bonchev–Trinajstić information content (AvgIpc) is 3.22. The Bertz CT molecular complexity index is 930. The predicted molar refractivity (Wildman–Crippen MR) is 103 cm³/mol. The second-order valence-electron chi connectivity index (χ2n) is 6.80. The lowest BCUT2D eigenvalue weighted by Gasteiger charge is -2.27. The summed E-state index contributed by atoms with van der Waals surface area (Å²) >= 11 is 0. The van der Waals surface area contributed by atoms with Gasteiger partial charge >= 0.3 is 0 Å². The highest BCUT2D eigenvalue weighted by Gasteiger charge is 2.32. The van der Waals surface area contributed by atoms with Gasteiger partial charge in [-0.2, -0.15) is 0 Å². The molecule has 4 rings (SSSR count). The second-order valence-corrected chi connectivity index (χ2v) is 6.80. The van der Waals surface area contributed by atoms with Gasteiger partial charge in [0.15, 0.2) is 11.5 Å². The predicted octanol–water partition coefficient (Wildman–Crippen LogP) is 3.39. The Morgan fingerprint density at radius 3 is 2.71 bits per heavy atom. The summed E-state index contributed by atoms with van der Waals surface area (Å²) in [5.74, 6) is 1.20. The van der Waals surface area contributed by atoms with Crippen LogP contribution in [0.3, 0.4) is 0 Å². The van der Waals surface area contributed by atoms with Gasteiger partial charge in [0.1, 0.15) is 18.9 Å². The molecule has 1 atom stereocenters. The first-order valence-corrected chi connectivity index (χ1v) is 9.25. The Hall–Kier alpha value is -3.29. The van der Waals surface area contributed by atoms with Crippen molar-refractivity contribution < 1.29 is 19.2 Å². The van der Waals surface area contributed by atoms with Gasteiger partial charge in [0.25, 0.3) is 11.6 Å². The van der Waals surface area contributed by atoms with Gasteiger partial charge in [-0.05, 0) is 42.7 Å². The Kier molecular flexibility index (Phi) is 4.77. The number of amides is 1. The number of likely N-dealkylation sites (tertiary alicyclic amines) is 1. The summed E-state index contributed by atoms with van der Waals surface area (Å²) in [5.41, 5.74) is 1.57. The first-order chi connectivity index (χ1) is 13.6. The van der Waals surface area contributed by atoms with E-state index in [9.17, 15) is 14.9 Å². The van der Waals surface area contributed by atoms with Crippen LogP contribution in [0.4, 0.5) is 11.4 Å². The second kappa shape index (κ2) is 7.38. The van der Waals surface area contributed by atoms with Gasteiger partial charge in [0.05, 0.1) is 11.0 Å². The molecule has 1 saturated heterocycles. The maximum absolute atomic E-state index is 13.1. The Balaban J connectivity index is 1.62. The monoisotopic (exact) mass is 383 g/mol. The van der Waals surface area contributed by atoms with Crippen LogP contribution in [-0.4, -0.2) is 42.5 Å². The molecule has 1 amide bonds. The molecule has 2 aromatic carbocycles. The summed E-state index contributed by atoms with van der Waals surface area (Å²) in [6.07, 6.45) is 1.71. The van der Waals surface area contributed by atoms with E-state index in [1.807, 2.05) is 18.2 Å². The molecule has 0 radical (unpaired) electrons. The van der Waals surface area contributed by atoms with E-state index in [0.29, 0.717) is 42.5 Å². The Morgan fingerprint density at radius 1 is 1.18 bits per heavy atom. The topological polar surface area (TPSA) is 93.9 Å². The van der Waals surface area contributed by atoms with E-state index in [1.165, 1.54) is 6.07 Å². The lowest BCUT2D eigenvalue weighted by Crippen LogP contribution is -2.30. The standard InChI is InChI=1S/C20H21N3O5/c1-21-15-6-4-14(11-17(15)23(25)26)20(24)22-8-2-3-16(22)13-5-7-18-19(12-13)28-10-9-27-18/h4-7,11-12,16,21H,2-3,8-10H2,1H3/t16-/m1/s1. The highest BCUT2D eigenvalue weighted by Crippen LogP contribution is 2.39. The van der Waals surface area contributed by atoms with Gasteiger partial charge in [-0.25, -0.2) is 0 Å². The van der Waals surface area contributed by atoms with Crippen molar-refractivity contribution in [2.75, 3.05) is 32.1 Å². The van der Waals surface area contributed by atoms with Crippen LogP contribution in [0, 0.1) is 10.1 Å². The molecule has 0 spiro atoms. The number of nitrogens with one attached hydrogen (secondary N) is 1. The number of hydrogen-bond acceptors (Lipinski definition) is 6. The molecule has 8 nitrogen and oxygen atoms in total. The van der Waals surface area contributed by atoms with Crippen molar-refractivity contribution in [1.82, 2.24) is 4.90 Å². The van der Waals surface area contributed by atoms with Crippen LogP contribution < -0.4 is 14.8 Å². The van der Waals surface area contributed by atoms with Crippen molar-refractivity contribution in [2.45, 2.75) is 18.9 Å². The third-order valence-electron chi connectivity index (χ3n) is 5.18. The molecule has 28 heavy (non-hydrogen) atoms. The SMILES string of the molecule is CNc1ccc(C(=O)N2CCC[C@@H]2c2ccc3c(c2)OCCO3)cc1[N+](=O)[O-]. The van der Waals surface area contributed by atoms with Gasteiger partial charge < -0.3 is 19.7 Å². The average molecular weight is 383 g/mol. The van der Waals surface area contributed by atoms with Crippen molar-refractivity contribution in [1.29, 1.82) is 0 Å². The van der Waals surface area contributed by atoms with E-state index in [-0.39, 0.29) is 17.6 Å². The Morgan fingerprint density at radius 2 is 1.96 bits per heavy atom. The fourth-order valence-electron chi connectivity index (χ4n) is 3.82. The van der Waals surface area contributed by atoms with Crippen molar-refractivity contribution in [3.63, 3.8) is 0 Å². The summed E-state index contributed by atoms with van der Waals surface area (Å²) in [5, 5.41) is 14.1. The third-order valence-corrected chi connectivity index (χ3v) is 5.18. The lowest BCUT2D eigenvalue weighted by atomic mass is 10.0. The van der Waals surface area contributed by atoms with Crippen LogP contribution >= 0.6 is 0 Å². The molecule has 8 heteroatoms. The highest BCUT2D eigenvalue weighted by molar-refractivity contribution is 5.96. The first kappa shape index (κ1) is 18.1. The Labute approximate surface area is 162 Å². The van der Waals surface area contributed by atoms with Crippen LogP contribution in [0.1, 0.15) is 34.8 Å². The number of hydrogen-bond donors (Lipinski definition) is 1. The molecule has 1 fully saturated rings. The van der Waals surface area contributed by atoms with E-state index in [2.05, 4.69) is 5.32 Å². The van der Waals surface area contributed by atoms with E-state index in [0.717, 1.165) is 18.4 Å². The minimum Gasteiger partial charge on any atom is -0.486 e. The number of nitro groups is 1. The molecular weight excluding hydrogens is 362 g/mol. The molecule has 1 N–H and O–H groups in total. The normalized spacial score (nSPS) is 18.0. The maximum atomic E-state index is 13.1. The molecule has 2 aromatic rings. The van der Waals surface area contributed by atoms with Crippen LogP contribution in [0.25, 0.3) is 0 Å². The number of rotatable bonds is 4. The number of carbonyl (C=O) groups is 1. The fourth-order valence-corrected chi connectivity index (χ4v) is 3.82. The zero-order chi connectivity index (χ0) is 19.7. The van der Waals surface area contributed by atoms with Crippen molar-refractivity contribution in [3.05, 3.63) is 57.6 Å². The van der Waals surface area contributed by atoms with Crippen molar-refractivity contribution in [2.24, 2.45) is 0 Å². The molecule has 0 aromatic heterocycles. The van der Waals surface area contributed by atoms with E-state index in [1.54, 1.807) is 24.1 Å². The molecule has 0 saturated carbocycles. The van der Waals surface area contributed by atoms with Gasteiger partial charge in [0.2, 0.25) is 0 Å². The largest absolute Gasteiger partial charge is 0.486 e. The smallest absolute Gasteiger partial charge is 0.293 e. The highest BCUT2D eigenvalue weighted by atomic mass is 16.6. The van der Waals surface area contributed by atoms with Crippen LogP contribution in [0.5, 0.6) is 11.5 Å². The fraction of sp³-hybridized carbons (Fsp3) is 0.350. The van der Waals surface area contributed by atoms with Crippen molar-refractivity contribution in [3.8, 4) is 11.5 Å². The zero-order valence-electron chi connectivity index (χ0n) is 15.5. The number of fused-ring (bicyclic) bond motifs is 1. The molecule has 146 valence electrons. The minimum absolute atomic E-state index is 0.0913. The van der Waals surface area contributed by atoms with Gasteiger partial charge in [-0.1, -0.05) is 6.07 Å². The quantitative estimate of drug-likeness (QED) is 0.642. The molecule has 0 unspecified atom stereocenters. The maximum Gasteiger partial charge on any atom is 0.293 e. The number of ether oxygens (including phenoxy) is 2. The van der Waals surface area contributed by atoms with Gasteiger partial charge in [-0.3, -0.25) is 14.9 Å². The summed E-state index contributed by atoms with van der Waals surface area (Å²) in [6, 6.07) is 10.2. The molecular formula is C20H21N3O5. The summed E-state index contributed by atoms with van der Waals surface area (Å²) in [6.45, 7) is 1.65. The molecule has 2 aliphatic rings. The van der Waals surface area contributed by atoms with E-state index >= 15 is 0 Å².